The molecule has 0 aliphatic carbocycles. The molecular weight excluding hydrogens is 340 g/mol. The van der Waals surface area contributed by atoms with Crippen LogP contribution in [0.5, 0.6) is 0 Å². The molecule has 1 aromatic carbocycles. The summed E-state index contributed by atoms with van der Waals surface area (Å²) < 4.78 is 0. The number of nitrogens with zero attached hydrogens (tertiary/aromatic N) is 1. The summed E-state index contributed by atoms with van der Waals surface area (Å²) >= 11 is 0. The normalized spacial score (nSPS) is 15.1. The summed E-state index contributed by atoms with van der Waals surface area (Å²) in [6.07, 6.45) is 0. The molecule has 19 heavy (non-hydrogen) atoms. The van der Waals surface area contributed by atoms with E-state index in [9.17, 15) is 0 Å². The topological polar surface area (TPSA) is 27.3 Å². The van der Waals surface area contributed by atoms with Crippen LogP contribution < -0.4 is 52.8 Å². The van der Waals surface area contributed by atoms with E-state index in [-0.39, 0.29) is 58.9 Å². The fourth-order valence-corrected chi connectivity index (χ4v) is 1.86. The van der Waals surface area contributed by atoms with Gasteiger partial charge in [-0.25, -0.2) is 0 Å². The number of nitrogens with one attached hydrogen (secondary N) is 2. The van der Waals surface area contributed by atoms with Crippen molar-refractivity contribution in [2.75, 3.05) is 44.2 Å². The average Bonchev–Trinajstić information content (AvgIpc) is 2.43. The van der Waals surface area contributed by atoms with E-state index in [2.05, 4.69) is 45.9 Å². The third kappa shape index (κ3) is 9.14. The molecule has 1 aliphatic heterocycles. The molecule has 1 heterocycles. The van der Waals surface area contributed by atoms with Crippen molar-refractivity contribution in [2.24, 2.45) is 0 Å². The van der Waals surface area contributed by atoms with Gasteiger partial charge in [-0.2, -0.15) is 0 Å². The van der Waals surface area contributed by atoms with Crippen molar-refractivity contribution in [1.82, 2.24) is 10.6 Å². The van der Waals surface area contributed by atoms with Crippen LogP contribution in [0.25, 0.3) is 0 Å². The van der Waals surface area contributed by atoms with Crippen molar-refractivity contribution >= 4 is 5.69 Å². The standard InChI is InChI=1S/C12H19N3.3ClH.Ti/c1-2-4-12(5-3-1)15-10-8-13-6-7-14-9-11-15;;;;/h1-5,13-14H,6-11H2;3*1H;/p-3. The second kappa shape index (κ2) is 14.9. The SMILES string of the molecule is [Cl-].[Cl-].[Cl-].[Ti].c1ccc(N2CCNCCNCC2)cc1. The third-order valence-electron chi connectivity index (χ3n) is 2.72. The van der Waals surface area contributed by atoms with Gasteiger partial charge in [0.25, 0.3) is 0 Å². The predicted octanol–water partition coefficient (Wildman–Crippen LogP) is -8.30. The van der Waals surface area contributed by atoms with E-state index in [4.69, 9.17) is 0 Å². The molecule has 1 fully saturated rings. The third-order valence-corrected chi connectivity index (χ3v) is 2.72. The summed E-state index contributed by atoms with van der Waals surface area (Å²) in [5.74, 6) is 0. The van der Waals surface area contributed by atoms with Crippen molar-refractivity contribution in [3.63, 3.8) is 0 Å². The number of hydrogen-bond donors (Lipinski definition) is 2. The van der Waals surface area contributed by atoms with Crippen molar-refractivity contribution in [3.8, 4) is 0 Å². The maximum Gasteiger partial charge on any atom is 0.0367 e. The molecular formula is C12H19Cl3N3Ti-3. The van der Waals surface area contributed by atoms with Crippen molar-refractivity contribution in [2.45, 2.75) is 0 Å². The van der Waals surface area contributed by atoms with Crippen LogP contribution in [0.4, 0.5) is 5.69 Å². The van der Waals surface area contributed by atoms with Crippen molar-refractivity contribution in [3.05, 3.63) is 30.3 Å². The van der Waals surface area contributed by atoms with Gasteiger partial charge in [-0.1, -0.05) is 18.2 Å². The molecule has 1 aromatic rings. The molecule has 0 bridgehead atoms. The second-order valence-electron chi connectivity index (χ2n) is 3.82. The maximum absolute atomic E-state index is 3.42. The molecule has 0 atom stereocenters. The van der Waals surface area contributed by atoms with Gasteiger partial charge in [0, 0.05) is 66.7 Å². The Bertz CT molecular complexity index is 281. The summed E-state index contributed by atoms with van der Waals surface area (Å²) in [5, 5.41) is 6.85. The summed E-state index contributed by atoms with van der Waals surface area (Å²) in [6, 6.07) is 10.6. The first-order valence-electron chi connectivity index (χ1n) is 5.68. The van der Waals surface area contributed by atoms with Gasteiger partial charge in [-0.3, -0.25) is 0 Å². The van der Waals surface area contributed by atoms with E-state index >= 15 is 0 Å². The molecule has 0 aromatic heterocycles. The van der Waals surface area contributed by atoms with Gasteiger partial charge in [-0.15, -0.1) is 0 Å². The number of benzene rings is 1. The van der Waals surface area contributed by atoms with Crippen LogP contribution in [0.2, 0.25) is 0 Å². The average molecular weight is 360 g/mol. The largest absolute Gasteiger partial charge is 1.00 e. The van der Waals surface area contributed by atoms with E-state index in [1.54, 1.807) is 0 Å². The Morgan fingerprint density at radius 1 is 0.737 bits per heavy atom. The van der Waals surface area contributed by atoms with Gasteiger partial charge in [0.2, 0.25) is 0 Å². The first kappa shape index (κ1) is 24.5. The van der Waals surface area contributed by atoms with Crippen LogP contribution >= 0.6 is 0 Å². The summed E-state index contributed by atoms with van der Waals surface area (Å²) in [4.78, 5) is 2.42. The Morgan fingerprint density at radius 3 is 1.68 bits per heavy atom. The number of halogens is 3. The fourth-order valence-electron chi connectivity index (χ4n) is 1.86. The number of anilines is 1. The molecule has 0 unspecified atom stereocenters. The fraction of sp³-hybridized carbons (Fsp3) is 0.500. The van der Waals surface area contributed by atoms with Crippen LogP contribution in [0.1, 0.15) is 0 Å². The van der Waals surface area contributed by atoms with Gasteiger partial charge in [0.15, 0.2) is 0 Å². The maximum atomic E-state index is 3.42. The Labute approximate surface area is 149 Å². The van der Waals surface area contributed by atoms with Crippen LogP contribution in [0.3, 0.4) is 0 Å². The minimum absolute atomic E-state index is 0. The van der Waals surface area contributed by atoms with Gasteiger partial charge >= 0.3 is 0 Å². The molecule has 7 heteroatoms. The zero-order valence-electron chi connectivity index (χ0n) is 10.7. The minimum atomic E-state index is 0. The Hall–Kier alpha value is 0.524. The number of para-hydroxylation sites is 1. The van der Waals surface area contributed by atoms with E-state index in [1.807, 2.05) is 0 Å². The van der Waals surface area contributed by atoms with Gasteiger partial charge in [0.1, 0.15) is 0 Å². The zero-order valence-corrected chi connectivity index (χ0v) is 14.5. The van der Waals surface area contributed by atoms with Gasteiger partial charge in [-0.05, 0) is 12.1 Å². The Balaban J connectivity index is -0.000000640. The van der Waals surface area contributed by atoms with Crippen molar-refractivity contribution in [1.29, 1.82) is 0 Å². The molecule has 1 saturated heterocycles. The van der Waals surface area contributed by atoms with E-state index < -0.39 is 0 Å². The molecule has 0 spiro atoms. The van der Waals surface area contributed by atoms with Gasteiger partial charge in [0.05, 0.1) is 0 Å². The van der Waals surface area contributed by atoms with Crippen LogP contribution in [0.15, 0.2) is 30.3 Å². The monoisotopic (exact) mass is 358 g/mol. The van der Waals surface area contributed by atoms with Gasteiger partial charge < -0.3 is 52.8 Å². The molecule has 1 aliphatic rings. The molecule has 2 N–H and O–H groups in total. The van der Waals surface area contributed by atoms with Crippen LogP contribution in [-0.2, 0) is 21.7 Å². The second-order valence-corrected chi connectivity index (χ2v) is 3.82. The zero-order chi connectivity index (χ0) is 10.3. The minimum Gasteiger partial charge on any atom is -1.00 e. The first-order valence-corrected chi connectivity index (χ1v) is 5.68. The summed E-state index contributed by atoms with van der Waals surface area (Å²) in [7, 11) is 0. The molecule has 0 radical (unpaired) electrons. The van der Waals surface area contributed by atoms with E-state index in [1.165, 1.54) is 5.69 Å². The Morgan fingerprint density at radius 2 is 1.21 bits per heavy atom. The Kier molecular flexibility index (Phi) is 19.3. The van der Waals surface area contributed by atoms with E-state index in [0.29, 0.717) is 0 Å². The van der Waals surface area contributed by atoms with E-state index in [0.717, 1.165) is 39.3 Å². The summed E-state index contributed by atoms with van der Waals surface area (Å²) in [6.45, 7) is 6.45. The molecule has 3 nitrogen and oxygen atoms in total. The summed E-state index contributed by atoms with van der Waals surface area (Å²) in [5.41, 5.74) is 1.32. The molecule has 2 rings (SSSR count). The predicted molar refractivity (Wildman–Crippen MR) is 64.4 cm³/mol. The number of rotatable bonds is 1. The smallest absolute Gasteiger partial charge is 0.0367 e. The molecule has 0 saturated carbocycles. The molecule has 0 amide bonds. The first-order chi connectivity index (χ1) is 7.47. The van der Waals surface area contributed by atoms with Crippen LogP contribution in [0, 0.1) is 0 Å². The van der Waals surface area contributed by atoms with Crippen molar-refractivity contribution < 1.29 is 58.9 Å². The number of hydrogen-bond acceptors (Lipinski definition) is 3. The quantitative estimate of drug-likeness (QED) is 0.488. The van der Waals surface area contributed by atoms with Crippen LogP contribution in [-0.4, -0.2) is 39.3 Å². The molecule has 110 valence electrons.